The van der Waals surface area contributed by atoms with Gasteiger partial charge in [0.25, 0.3) is 5.91 Å². The number of nitrogens with zero attached hydrogens (tertiary/aromatic N) is 3. The van der Waals surface area contributed by atoms with E-state index < -0.39 is 5.25 Å². The number of amides is 1. The molecule has 1 heterocycles. The fourth-order valence-electron chi connectivity index (χ4n) is 3.08. The molecule has 9 nitrogen and oxygen atoms in total. The Morgan fingerprint density at radius 2 is 1.68 bits per heavy atom. The van der Waals surface area contributed by atoms with E-state index >= 15 is 0 Å². The van der Waals surface area contributed by atoms with Gasteiger partial charge in [0.1, 0.15) is 16.7 Å². The number of ether oxygens (including phenoxy) is 3. The zero-order valence-electron chi connectivity index (χ0n) is 19.6. The molecular formula is C24H28N4O5S. The van der Waals surface area contributed by atoms with Crippen molar-refractivity contribution in [2.75, 3.05) is 20.3 Å². The van der Waals surface area contributed by atoms with Gasteiger partial charge in [-0.2, -0.15) is 0 Å². The van der Waals surface area contributed by atoms with Crippen LogP contribution >= 0.6 is 11.8 Å². The summed E-state index contributed by atoms with van der Waals surface area (Å²) in [6, 6.07) is 14.3. The summed E-state index contributed by atoms with van der Waals surface area (Å²) in [5.74, 6) is 1.35. The number of thioether (sulfide) groups is 1. The van der Waals surface area contributed by atoms with Crippen LogP contribution in [0, 0.1) is 0 Å². The van der Waals surface area contributed by atoms with E-state index in [1.54, 1.807) is 45.2 Å². The van der Waals surface area contributed by atoms with Crippen molar-refractivity contribution < 1.29 is 23.8 Å². The van der Waals surface area contributed by atoms with E-state index in [1.165, 1.54) is 11.8 Å². The van der Waals surface area contributed by atoms with Crippen LogP contribution in [0.4, 0.5) is 0 Å². The Hall–Kier alpha value is -3.53. The van der Waals surface area contributed by atoms with Gasteiger partial charge in [-0.1, -0.05) is 11.8 Å². The Morgan fingerprint density at radius 3 is 2.29 bits per heavy atom. The Labute approximate surface area is 202 Å². The number of esters is 1. The topological polar surface area (TPSA) is 105 Å². The molecule has 1 atom stereocenters. The summed E-state index contributed by atoms with van der Waals surface area (Å²) >= 11 is 1.24. The normalized spacial score (nSPS) is 11.5. The number of rotatable bonds is 11. The minimum Gasteiger partial charge on any atom is -0.497 e. The fourth-order valence-corrected chi connectivity index (χ4v) is 3.96. The second-order valence-corrected chi connectivity index (χ2v) is 8.39. The third-order valence-electron chi connectivity index (χ3n) is 4.77. The van der Waals surface area contributed by atoms with Crippen molar-refractivity contribution in [2.24, 2.45) is 0 Å². The maximum Gasteiger partial charge on any atom is 0.319 e. The highest BCUT2D eigenvalue weighted by Gasteiger charge is 2.22. The maximum atomic E-state index is 12.6. The number of carbonyl (C=O) groups excluding carboxylic acids is 2. The lowest BCUT2D eigenvalue weighted by Crippen LogP contribution is -2.24. The molecule has 0 aliphatic carbocycles. The van der Waals surface area contributed by atoms with Crippen LogP contribution in [-0.4, -0.2) is 52.2 Å². The molecule has 0 fully saturated rings. The maximum absolute atomic E-state index is 12.6. The minimum absolute atomic E-state index is 0.138. The van der Waals surface area contributed by atoms with E-state index in [-0.39, 0.29) is 18.4 Å². The second kappa shape index (κ2) is 12.1. The van der Waals surface area contributed by atoms with Crippen molar-refractivity contribution in [3.63, 3.8) is 0 Å². The summed E-state index contributed by atoms with van der Waals surface area (Å²) < 4.78 is 17.6. The number of methoxy groups -OCH3 is 1. The van der Waals surface area contributed by atoms with Gasteiger partial charge in [0, 0.05) is 11.3 Å². The van der Waals surface area contributed by atoms with Crippen LogP contribution < -0.4 is 14.8 Å². The summed E-state index contributed by atoms with van der Waals surface area (Å²) in [5, 5.41) is 11.5. The van der Waals surface area contributed by atoms with Crippen LogP contribution in [-0.2, 0) is 16.1 Å². The Bertz CT molecular complexity index is 1100. The van der Waals surface area contributed by atoms with Gasteiger partial charge in [-0.15, -0.1) is 10.2 Å². The van der Waals surface area contributed by atoms with Crippen molar-refractivity contribution in [3.05, 3.63) is 59.9 Å². The van der Waals surface area contributed by atoms with Gasteiger partial charge in [0.05, 0.1) is 26.9 Å². The van der Waals surface area contributed by atoms with Crippen LogP contribution in [0.2, 0.25) is 0 Å². The predicted molar refractivity (Wildman–Crippen MR) is 129 cm³/mol. The Balaban J connectivity index is 1.84. The molecule has 0 aliphatic heterocycles. The number of hydrogen-bond acceptors (Lipinski definition) is 8. The first kappa shape index (κ1) is 25.1. The number of hydrogen-bond donors (Lipinski definition) is 1. The first-order valence-electron chi connectivity index (χ1n) is 10.9. The van der Waals surface area contributed by atoms with Gasteiger partial charge in [-0.3, -0.25) is 14.2 Å². The Kier molecular flexibility index (Phi) is 8.92. The number of carbonyl (C=O) groups is 2. The fraction of sp³-hybridized carbons (Fsp3) is 0.333. The zero-order chi connectivity index (χ0) is 24.5. The average Bonchev–Trinajstić information content (AvgIpc) is 3.25. The van der Waals surface area contributed by atoms with Crippen LogP contribution in [0.5, 0.6) is 11.5 Å². The lowest BCUT2D eigenvalue weighted by atomic mass is 10.2. The van der Waals surface area contributed by atoms with E-state index in [4.69, 9.17) is 14.2 Å². The first-order valence-corrected chi connectivity index (χ1v) is 11.8. The first-order chi connectivity index (χ1) is 16.5. The second-order valence-electron chi connectivity index (χ2n) is 7.08. The van der Waals surface area contributed by atoms with Gasteiger partial charge < -0.3 is 19.5 Å². The molecule has 0 unspecified atom stereocenters. The summed E-state index contributed by atoms with van der Waals surface area (Å²) in [5.41, 5.74) is 1.28. The molecule has 3 rings (SSSR count). The van der Waals surface area contributed by atoms with Gasteiger partial charge in [-0.25, -0.2) is 0 Å². The molecular weight excluding hydrogens is 456 g/mol. The van der Waals surface area contributed by atoms with Gasteiger partial charge in [0.15, 0.2) is 11.0 Å². The van der Waals surface area contributed by atoms with Crippen molar-refractivity contribution in [1.82, 2.24) is 20.1 Å². The van der Waals surface area contributed by atoms with Crippen LogP contribution in [0.15, 0.2) is 53.7 Å². The van der Waals surface area contributed by atoms with E-state index in [2.05, 4.69) is 15.5 Å². The average molecular weight is 485 g/mol. The molecule has 0 radical (unpaired) electrons. The van der Waals surface area contributed by atoms with Crippen LogP contribution in [0.3, 0.4) is 0 Å². The molecule has 34 heavy (non-hydrogen) atoms. The molecule has 3 aromatic rings. The van der Waals surface area contributed by atoms with Crippen molar-refractivity contribution >= 4 is 23.6 Å². The molecule has 1 aromatic heterocycles. The molecule has 180 valence electrons. The number of aromatic nitrogens is 3. The van der Waals surface area contributed by atoms with Gasteiger partial charge in [-0.05, 0) is 69.3 Å². The highest BCUT2D eigenvalue weighted by atomic mass is 32.2. The molecule has 0 saturated carbocycles. The van der Waals surface area contributed by atoms with E-state index in [0.717, 1.165) is 11.4 Å². The lowest BCUT2D eigenvalue weighted by Gasteiger charge is -2.14. The third kappa shape index (κ3) is 6.28. The minimum atomic E-state index is -0.479. The molecule has 2 aromatic carbocycles. The summed E-state index contributed by atoms with van der Waals surface area (Å²) in [7, 11) is 1.57. The monoisotopic (exact) mass is 484 g/mol. The van der Waals surface area contributed by atoms with E-state index in [9.17, 15) is 9.59 Å². The smallest absolute Gasteiger partial charge is 0.319 e. The summed E-state index contributed by atoms with van der Waals surface area (Å²) in [4.78, 5) is 24.8. The van der Waals surface area contributed by atoms with Crippen LogP contribution in [0.25, 0.3) is 5.69 Å². The van der Waals surface area contributed by atoms with Crippen molar-refractivity contribution in [1.29, 1.82) is 0 Å². The molecule has 0 spiro atoms. The molecule has 1 N–H and O–H groups in total. The van der Waals surface area contributed by atoms with E-state index in [1.807, 2.05) is 35.8 Å². The largest absolute Gasteiger partial charge is 0.497 e. The predicted octanol–water partition coefficient (Wildman–Crippen LogP) is 3.65. The third-order valence-corrected chi connectivity index (χ3v) is 5.79. The Morgan fingerprint density at radius 1 is 1.00 bits per heavy atom. The SMILES string of the molecule is CCOC(=O)[C@@H](C)Sc1nnc(CNC(=O)c2ccc(OC)cc2)n1-c1ccc(OCC)cc1. The van der Waals surface area contributed by atoms with Crippen molar-refractivity contribution in [3.8, 4) is 17.2 Å². The number of nitrogens with one attached hydrogen (secondary N) is 1. The summed E-state index contributed by atoms with van der Waals surface area (Å²) in [6.07, 6.45) is 0. The number of benzene rings is 2. The highest BCUT2D eigenvalue weighted by Crippen LogP contribution is 2.27. The molecule has 0 bridgehead atoms. The van der Waals surface area contributed by atoms with Gasteiger partial charge >= 0.3 is 5.97 Å². The van der Waals surface area contributed by atoms with E-state index in [0.29, 0.717) is 35.5 Å². The molecule has 1 amide bonds. The van der Waals surface area contributed by atoms with Gasteiger partial charge in [0.2, 0.25) is 0 Å². The standard InChI is InChI=1S/C24H28N4O5S/c1-5-32-20-13-9-18(10-14-20)28-21(26-27-24(28)34-16(3)23(30)33-6-2)15-25-22(29)17-7-11-19(31-4)12-8-17/h7-14,16H,5-6,15H2,1-4H3,(H,25,29)/t16-/m1/s1. The molecule has 0 aliphatic rings. The lowest BCUT2D eigenvalue weighted by molar-refractivity contribution is -0.142. The highest BCUT2D eigenvalue weighted by molar-refractivity contribution is 8.00. The molecule has 0 saturated heterocycles. The molecule has 10 heteroatoms. The van der Waals surface area contributed by atoms with Crippen molar-refractivity contribution in [2.45, 2.75) is 37.7 Å². The van der Waals surface area contributed by atoms with Crippen LogP contribution in [0.1, 0.15) is 37.0 Å². The zero-order valence-corrected chi connectivity index (χ0v) is 20.4. The quantitative estimate of drug-likeness (QED) is 0.325. The summed E-state index contributed by atoms with van der Waals surface area (Å²) in [6.45, 7) is 6.44.